The molecule has 0 saturated heterocycles. The van der Waals surface area contributed by atoms with Crippen molar-refractivity contribution in [3.05, 3.63) is 29.8 Å². The van der Waals surface area contributed by atoms with Crippen LogP contribution in [0.25, 0.3) is 0 Å². The summed E-state index contributed by atoms with van der Waals surface area (Å²) in [5.74, 6) is 0.299. The zero-order valence-electron chi connectivity index (χ0n) is 10.9. The van der Waals surface area contributed by atoms with E-state index in [0.29, 0.717) is 10.8 Å². The average Bonchev–Trinajstić information content (AvgIpc) is 2.15. The second-order valence-corrected chi connectivity index (χ2v) is 8.61. The van der Waals surface area contributed by atoms with Crippen LogP contribution >= 0.6 is 0 Å². The first-order valence-corrected chi connectivity index (χ1v) is 6.93. The summed E-state index contributed by atoms with van der Waals surface area (Å²) in [5, 5.41) is 9.55. The molecule has 3 heteroatoms. The van der Waals surface area contributed by atoms with Gasteiger partial charge in [0.05, 0.1) is 5.60 Å². The number of phenolic OH excluding ortho intramolecular Hbond substituents is 1. The number of aromatic hydroxyl groups is 1. The molecule has 0 aliphatic rings. The van der Waals surface area contributed by atoms with Gasteiger partial charge in [0.15, 0.2) is 9.76 Å². The molecule has 0 fully saturated rings. The van der Waals surface area contributed by atoms with Crippen molar-refractivity contribution in [2.45, 2.75) is 45.3 Å². The molecule has 2 nitrogen and oxygen atoms in total. The Morgan fingerprint density at radius 2 is 1.50 bits per heavy atom. The highest BCUT2D eigenvalue weighted by Crippen LogP contribution is 2.29. The third-order valence-electron chi connectivity index (χ3n) is 2.43. The first kappa shape index (κ1) is 13.3. The van der Waals surface area contributed by atoms with Crippen LogP contribution in [0.2, 0.25) is 5.04 Å². The van der Waals surface area contributed by atoms with Gasteiger partial charge in [-0.15, -0.1) is 0 Å². The quantitative estimate of drug-likeness (QED) is 0.820. The smallest absolute Gasteiger partial charge is 0.168 e. The maximum atomic E-state index is 9.25. The van der Waals surface area contributed by atoms with Gasteiger partial charge in [-0.05, 0) is 36.6 Å². The SMILES string of the molecule is CC(C)(C)[SiH2]OC(C)(C)c1ccc(O)cc1. The third-order valence-corrected chi connectivity index (χ3v) is 4.16. The van der Waals surface area contributed by atoms with Crippen molar-refractivity contribution < 1.29 is 9.53 Å². The Morgan fingerprint density at radius 3 is 1.94 bits per heavy atom. The summed E-state index contributed by atoms with van der Waals surface area (Å²) in [4.78, 5) is 0. The highest BCUT2D eigenvalue weighted by atomic mass is 28.2. The van der Waals surface area contributed by atoms with E-state index in [9.17, 15) is 5.11 Å². The molecule has 1 aromatic rings. The Balaban J connectivity index is 2.73. The van der Waals surface area contributed by atoms with Crippen molar-refractivity contribution in [1.82, 2.24) is 0 Å². The lowest BCUT2D eigenvalue weighted by atomic mass is 9.99. The Bertz CT molecular complexity index is 336. The molecule has 0 radical (unpaired) electrons. The molecular formula is C13H22O2Si. The molecule has 0 aromatic heterocycles. The predicted octanol–water partition coefficient (Wildman–Crippen LogP) is 2.95. The van der Waals surface area contributed by atoms with Crippen molar-refractivity contribution in [2.75, 3.05) is 0 Å². The zero-order valence-corrected chi connectivity index (χ0v) is 12.3. The standard InChI is InChI=1S/C13H22O2Si/c1-12(2,3)16-15-13(4,5)10-6-8-11(14)9-7-10/h6-9,14H,16H2,1-5H3. The monoisotopic (exact) mass is 238 g/mol. The lowest BCUT2D eigenvalue weighted by Gasteiger charge is -2.30. The molecule has 0 saturated carbocycles. The Morgan fingerprint density at radius 1 is 1.00 bits per heavy atom. The van der Waals surface area contributed by atoms with E-state index in [4.69, 9.17) is 4.43 Å². The number of rotatable bonds is 3. The number of phenols is 1. The minimum Gasteiger partial charge on any atom is -0.508 e. The lowest BCUT2D eigenvalue weighted by Crippen LogP contribution is -2.27. The largest absolute Gasteiger partial charge is 0.508 e. The normalized spacial score (nSPS) is 13.6. The Labute approximate surface area is 101 Å². The molecule has 0 amide bonds. The van der Waals surface area contributed by atoms with Gasteiger partial charge in [0.2, 0.25) is 0 Å². The first-order chi connectivity index (χ1) is 7.21. The summed E-state index contributed by atoms with van der Waals surface area (Å²) in [7, 11) is -0.571. The molecule has 0 spiro atoms. The van der Waals surface area contributed by atoms with E-state index in [2.05, 4.69) is 34.6 Å². The van der Waals surface area contributed by atoms with E-state index in [-0.39, 0.29) is 5.60 Å². The van der Waals surface area contributed by atoms with Crippen LogP contribution in [0.1, 0.15) is 40.2 Å². The van der Waals surface area contributed by atoms with Gasteiger partial charge in [-0.1, -0.05) is 32.9 Å². The molecule has 0 unspecified atom stereocenters. The van der Waals surface area contributed by atoms with Crippen molar-refractivity contribution in [2.24, 2.45) is 0 Å². The zero-order chi connectivity index (χ0) is 12.4. The maximum Gasteiger partial charge on any atom is 0.168 e. The highest BCUT2D eigenvalue weighted by Gasteiger charge is 2.24. The summed E-state index contributed by atoms with van der Waals surface area (Å²) in [6.45, 7) is 10.8. The van der Waals surface area contributed by atoms with Crippen LogP contribution in [0.15, 0.2) is 24.3 Å². The third kappa shape index (κ3) is 3.98. The van der Waals surface area contributed by atoms with Crippen LogP contribution < -0.4 is 0 Å². The van der Waals surface area contributed by atoms with Crippen LogP contribution in [0, 0.1) is 0 Å². The topological polar surface area (TPSA) is 29.5 Å². The Kier molecular flexibility index (Phi) is 3.81. The molecular weight excluding hydrogens is 216 g/mol. The van der Waals surface area contributed by atoms with Crippen LogP contribution in [0.3, 0.4) is 0 Å². The fourth-order valence-corrected chi connectivity index (χ4v) is 2.30. The van der Waals surface area contributed by atoms with Crippen molar-refractivity contribution in [3.8, 4) is 5.75 Å². The maximum absolute atomic E-state index is 9.25. The van der Waals surface area contributed by atoms with Crippen LogP contribution in [-0.4, -0.2) is 14.9 Å². The van der Waals surface area contributed by atoms with E-state index in [0.717, 1.165) is 5.56 Å². The van der Waals surface area contributed by atoms with Crippen LogP contribution in [0.4, 0.5) is 0 Å². The summed E-state index contributed by atoms with van der Waals surface area (Å²) < 4.78 is 6.08. The van der Waals surface area contributed by atoms with Gasteiger partial charge in [-0.25, -0.2) is 0 Å². The van der Waals surface area contributed by atoms with E-state index in [1.165, 1.54) is 0 Å². The van der Waals surface area contributed by atoms with Crippen molar-refractivity contribution in [1.29, 1.82) is 0 Å². The van der Waals surface area contributed by atoms with E-state index in [1.54, 1.807) is 12.1 Å². The molecule has 1 rings (SSSR count). The van der Waals surface area contributed by atoms with E-state index >= 15 is 0 Å². The summed E-state index contributed by atoms with van der Waals surface area (Å²) in [6, 6.07) is 7.26. The molecule has 0 heterocycles. The minimum absolute atomic E-state index is 0.257. The minimum atomic E-state index is -0.571. The first-order valence-electron chi connectivity index (χ1n) is 5.64. The molecule has 0 atom stereocenters. The van der Waals surface area contributed by atoms with Gasteiger partial charge in [0, 0.05) is 0 Å². The molecule has 0 aliphatic carbocycles. The molecule has 90 valence electrons. The average molecular weight is 238 g/mol. The van der Waals surface area contributed by atoms with Crippen molar-refractivity contribution >= 4 is 9.76 Å². The van der Waals surface area contributed by atoms with Crippen LogP contribution in [-0.2, 0) is 10.0 Å². The highest BCUT2D eigenvalue weighted by molar-refractivity contribution is 6.31. The number of hydrogen-bond acceptors (Lipinski definition) is 2. The van der Waals surface area contributed by atoms with Gasteiger partial charge in [-0.3, -0.25) is 0 Å². The second kappa shape index (κ2) is 4.59. The van der Waals surface area contributed by atoms with E-state index < -0.39 is 9.76 Å². The summed E-state index contributed by atoms with van der Waals surface area (Å²) in [6.07, 6.45) is 0. The summed E-state index contributed by atoms with van der Waals surface area (Å²) >= 11 is 0. The molecule has 0 aliphatic heterocycles. The number of benzene rings is 1. The molecule has 0 bridgehead atoms. The second-order valence-electron chi connectivity index (χ2n) is 5.91. The van der Waals surface area contributed by atoms with Gasteiger partial charge in [-0.2, -0.15) is 0 Å². The van der Waals surface area contributed by atoms with Crippen molar-refractivity contribution in [3.63, 3.8) is 0 Å². The van der Waals surface area contributed by atoms with Crippen LogP contribution in [0.5, 0.6) is 5.75 Å². The van der Waals surface area contributed by atoms with Gasteiger partial charge in [0.25, 0.3) is 0 Å². The predicted molar refractivity (Wildman–Crippen MR) is 70.5 cm³/mol. The molecule has 1 aromatic carbocycles. The number of hydrogen-bond donors (Lipinski definition) is 1. The fraction of sp³-hybridized carbons (Fsp3) is 0.538. The molecule has 1 N–H and O–H groups in total. The van der Waals surface area contributed by atoms with Gasteiger partial charge < -0.3 is 9.53 Å². The summed E-state index contributed by atoms with van der Waals surface area (Å²) in [5.41, 5.74) is 0.856. The lowest BCUT2D eigenvalue weighted by molar-refractivity contribution is 0.109. The van der Waals surface area contributed by atoms with E-state index in [1.807, 2.05) is 12.1 Å². The van der Waals surface area contributed by atoms with Gasteiger partial charge >= 0.3 is 0 Å². The fourth-order valence-electron chi connectivity index (χ4n) is 1.34. The molecule has 16 heavy (non-hydrogen) atoms. The van der Waals surface area contributed by atoms with Gasteiger partial charge in [0.1, 0.15) is 5.75 Å². The Hall–Kier alpha value is -0.803.